The Balaban J connectivity index is 1.69. The molecule has 1 amide bonds. The van der Waals surface area contributed by atoms with Gasteiger partial charge in [0.2, 0.25) is 0 Å². The molecule has 4 rings (SSSR count). The first-order chi connectivity index (χ1) is 15.5. The molecule has 2 aromatic carbocycles. The Morgan fingerprint density at radius 3 is 2.59 bits per heavy atom. The molecule has 0 unspecified atom stereocenters. The van der Waals surface area contributed by atoms with Crippen molar-refractivity contribution in [3.63, 3.8) is 0 Å². The van der Waals surface area contributed by atoms with Crippen molar-refractivity contribution in [2.24, 2.45) is 4.40 Å². The minimum atomic E-state index is -3.96. The van der Waals surface area contributed by atoms with Gasteiger partial charge in [-0.3, -0.25) is 9.69 Å². The molecular weight excluding hydrogens is 446 g/mol. The van der Waals surface area contributed by atoms with Crippen LogP contribution in [-0.4, -0.2) is 49.6 Å². The van der Waals surface area contributed by atoms with Crippen molar-refractivity contribution in [2.75, 3.05) is 20.3 Å². The molecule has 0 radical (unpaired) electrons. The number of amides is 1. The van der Waals surface area contributed by atoms with Crippen LogP contribution in [0.25, 0.3) is 17.0 Å². The molecule has 1 fully saturated rings. The van der Waals surface area contributed by atoms with Crippen LogP contribution in [0.1, 0.15) is 12.1 Å². The summed E-state index contributed by atoms with van der Waals surface area (Å²) in [6.45, 7) is 0.740. The van der Waals surface area contributed by atoms with Crippen LogP contribution in [0.4, 0.5) is 0 Å². The Morgan fingerprint density at radius 1 is 1.06 bits per heavy atom. The molecule has 1 aliphatic heterocycles. The number of pyridine rings is 1. The Bertz CT molecular complexity index is 1310. The summed E-state index contributed by atoms with van der Waals surface area (Å²) < 4.78 is 34.6. The molecule has 1 saturated heterocycles. The molecule has 3 aromatic rings. The normalized spacial score (nSPS) is 17.0. The third-order valence-corrected chi connectivity index (χ3v) is 7.16. The third kappa shape index (κ3) is 4.90. The van der Waals surface area contributed by atoms with Crippen molar-refractivity contribution in [3.8, 4) is 0 Å². The highest BCUT2D eigenvalue weighted by atomic mass is 32.2. The van der Waals surface area contributed by atoms with Gasteiger partial charge in [0.15, 0.2) is 5.17 Å². The number of nitrogens with zero attached hydrogens (tertiary/aromatic N) is 3. The lowest BCUT2D eigenvalue weighted by molar-refractivity contribution is -0.122. The number of methoxy groups -OCH3 is 1. The molecule has 164 valence electrons. The largest absolute Gasteiger partial charge is 0.385 e. The summed E-state index contributed by atoms with van der Waals surface area (Å²) in [5.41, 5.74) is 1.43. The lowest BCUT2D eigenvalue weighted by Crippen LogP contribution is -2.31. The van der Waals surface area contributed by atoms with Gasteiger partial charge in [-0.25, -0.2) is 4.98 Å². The standard InChI is InChI=1S/C23H21N3O4S2/c1-30-15-7-14-26-22(27)21(16-18-13-12-17-8-5-6-11-20(17)24-18)31-23(26)25-32(28,29)19-9-3-2-4-10-19/h2-6,8-13,16H,7,14-15H2,1H3/b21-16-,25-23+. The summed E-state index contributed by atoms with van der Waals surface area (Å²) in [4.78, 5) is 19.5. The number of carbonyl (C=O) groups is 1. The number of sulfonamides is 1. The third-order valence-electron chi connectivity index (χ3n) is 4.76. The number of benzene rings is 2. The smallest absolute Gasteiger partial charge is 0.284 e. The maximum atomic E-state index is 13.1. The predicted molar refractivity (Wildman–Crippen MR) is 127 cm³/mol. The van der Waals surface area contributed by atoms with E-state index in [1.54, 1.807) is 31.4 Å². The van der Waals surface area contributed by atoms with E-state index in [-0.39, 0.29) is 16.0 Å². The summed E-state index contributed by atoms with van der Waals surface area (Å²) in [6, 6.07) is 19.4. The summed E-state index contributed by atoms with van der Waals surface area (Å²) in [5.74, 6) is -0.303. The highest BCUT2D eigenvalue weighted by Crippen LogP contribution is 2.34. The van der Waals surface area contributed by atoms with E-state index in [1.807, 2.05) is 36.4 Å². The number of fused-ring (bicyclic) bond motifs is 1. The Kier molecular flexibility index (Phi) is 6.69. The molecule has 0 aliphatic carbocycles. The minimum absolute atomic E-state index is 0.0750. The summed E-state index contributed by atoms with van der Waals surface area (Å²) >= 11 is 1.03. The zero-order valence-electron chi connectivity index (χ0n) is 17.3. The summed E-state index contributed by atoms with van der Waals surface area (Å²) in [5, 5.41) is 1.12. The van der Waals surface area contributed by atoms with Crippen molar-refractivity contribution in [2.45, 2.75) is 11.3 Å². The highest BCUT2D eigenvalue weighted by molar-refractivity contribution is 8.19. The van der Waals surface area contributed by atoms with Gasteiger partial charge in [-0.2, -0.15) is 8.42 Å². The molecule has 0 saturated carbocycles. The topological polar surface area (TPSA) is 88.9 Å². The lowest BCUT2D eigenvalue weighted by atomic mass is 10.2. The molecule has 1 aromatic heterocycles. The van der Waals surface area contributed by atoms with Crippen LogP contribution in [-0.2, 0) is 19.6 Å². The van der Waals surface area contributed by atoms with Gasteiger partial charge < -0.3 is 4.74 Å². The molecule has 7 nitrogen and oxygen atoms in total. The van der Waals surface area contributed by atoms with Crippen LogP contribution in [0.3, 0.4) is 0 Å². The van der Waals surface area contributed by atoms with Gasteiger partial charge in [-0.15, -0.1) is 4.40 Å². The average molecular weight is 468 g/mol. The number of amidine groups is 1. The predicted octanol–water partition coefficient (Wildman–Crippen LogP) is 3.93. The van der Waals surface area contributed by atoms with Crippen LogP contribution >= 0.6 is 11.8 Å². The van der Waals surface area contributed by atoms with Gasteiger partial charge in [0, 0.05) is 25.6 Å². The monoisotopic (exact) mass is 467 g/mol. The zero-order valence-corrected chi connectivity index (χ0v) is 19.0. The van der Waals surface area contributed by atoms with E-state index in [2.05, 4.69) is 9.38 Å². The number of hydrogen-bond donors (Lipinski definition) is 0. The van der Waals surface area contributed by atoms with Crippen molar-refractivity contribution in [3.05, 3.63) is 77.3 Å². The molecule has 9 heteroatoms. The van der Waals surface area contributed by atoms with Gasteiger partial charge in [0.25, 0.3) is 15.9 Å². The fourth-order valence-corrected chi connectivity index (χ4v) is 5.40. The van der Waals surface area contributed by atoms with Crippen LogP contribution < -0.4 is 0 Å². The number of carbonyl (C=O) groups excluding carboxylic acids is 1. The fourth-order valence-electron chi connectivity index (χ4n) is 3.18. The molecule has 2 heterocycles. The van der Waals surface area contributed by atoms with Gasteiger partial charge in [0.1, 0.15) is 0 Å². The SMILES string of the molecule is COCCCN1C(=O)/C(=C/c2ccc3ccccc3n2)S/C1=N/S(=O)(=O)c1ccccc1. The molecule has 0 N–H and O–H groups in total. The average Bonchev–Trinajstić information content (AvgIpc) is 3.08. The molecule has 0 spiro atoms. The molecule has 0 atom stereocenters. The Labute approximate surface area is 190 Å². The number of hydrogen-bond acceptors (Lipinski definition) is 6. The van der Waals surface area contributed by atoms with Gasteiger partial charge in [-0.05, 0) is 48.5 Å². The van der Waals surface area contributed by atoms with Crippen LogP contribution in [0, 0.1) is 0 Å². The van der Waals surface area contributed by atoms with E-state index in [9.17, 15) is 13.2 Å². The lowest BCUT2D eigenvalue weighted by Gasteiger charge is -2.15. The van der Waals surface area contributed by atoms with Crippen molar-refractivity contribution in [1.29, 1.82) is 0 Å². The molecule has 1 aliphatic rings. The van der Waals surface area contributed by atoms with Crippen LogP contribution in [0.5, 0.6) is 0 Å². The first-order valence-corrected chi connectivity index (χ1v) is 12.2. The zero-order chi connectivity index (χ0) is 22.6. The van der Waals surface area contributed by atoms with Crippen LogP contribution in [0.2, 0.25) is 0 Å². The maximum Gasteiger partial charge on any atom is 0.284 e. The number of thioether (sulfide) groups is 1. The number of rotatable bonds is 7. The van der Waals surface area contributed by atoms with Crippen LogP contribution in [0.15, 0.2) is 80.9 Å². The first-order valence-electron chi connectivity index (χ1n) is 9.94. The Hall–Kier alpha value is -3.01. The van der Waals surface area contributed by atoms with E-state index in [0.717, 1.165) is 22.7 Å². The van der Waals surface area contributed by atoms with Crippen molar-refractivity contribution in [1.82, 2.24) is 9.88 Å². The van der Waals surface area contributed by atoms with Gasteiger partial charge in [0.05, 0.1) is 21.0 Å². The summed E-state index contributed by atoms with van der Waals surface area (Å²) in [6.07, 6.45) is 2.22. The Morgan fingerprint density at radius 2 is 1.81 bits per heavy atom. The number of ether oxygens (including phenoxy) is 1. The quantitative estimate of drug-likeness (QED) is 0.386. The first kappa shape index (κ1) is 22.2. The number of aromatic nitrogens is 1. The minimum Gasteiger partial charge on any atom is -0.385 e. The van der Waals surface area contributed by atoms with Gasteiger partial charge in [-0.1, -0.05) is 42.5 Å². The molecule has 32 heavy (non-hydrogen) atoms. The van der Waals surface area contributed by atoms with E-state index in [4.69, 9.17) is 4.74 Å². The second kappa shape index (κ2) is 9.64. The van der Waals surface area contributed by atoms with E-state index >= 15 is 0 Å². The second-order valence-corrected chi connectivity index (χ2v) is 9.62. The fraction of sp³-hybridized carbons (Fsp3) is 0.174. The second-order valence-electron chi connectivity index (χ2n) is 7.00. The summed E-state index contributed by atoms with van der Waals surface area (Å²) in [7, 11) is -2.38. The van der Waals surface area contributed by atoms with E-state index in [0.29, 0.717) is 30.2 Å². The molecule has 0 bridgehead atoms. The van der Waals surface area contributed by atoms with E-state index < -0.39 is 10.0 Å². The number of para-hydroxylation sites is 1. The van der Waals surface area contributed by atoms with Gasteiger partial charge >= 0.3 is 0 Å². The molecular formula is C23H21N3O4S2. The van der Waals surface area contributed by atoms with Crippen molar-refractivity contribution >= 4 is 49.8 Å². The van der Waals surface area contributed by atoms with E-state index in [1.165, 1.54) is 17.0 Å². The highest BCUT2D eigenvalue weighted by Gasteiger charge is 2.34. The maximum absolute atomic E-state index is 13.1. The van der Waals surface area contributed by atoms with Crippen molar-refractivity contribution < 1.29 is 17.9 Å².